The van der Waals surface area contributed by atoms with Crippen molar-refractivity contribution in [3.8, 4) is 5.88 Å². The van der Waals surface area contributed by atoms with E-state index in [4.69, 9.17) is 14.1 Å². The van der Waals surface area contributed by atoms with Gasteiger partial charge in [0.25, 0.3) is 0 Å². The van der Waals surface area contributed by atoms with Crippen LogP contribution in [-0.2, 0) is 9.39 Å². The number of methoxy groups -OCH3 is 1. The Hall–Kier alpha value is -1.49. The number of hydrogen-bond donors (Lipinski definition) is 0. The second-order valence-electron chi connectivity index (χ2n) is 8.51. The Labute approximate surface area is 153 Å². The highest BCUT2D eigenvalue weighted by Gasteiger charge is 2.59. The molecule has 1 aromatic rings. The summed E-state index contributed by atoms with van der Waals surface area (Å²) in [7, 11) is 1.71. The summed E-state index contributed by atoms with van der Waals surface area (Å²) in [5.74, 6) is 1.57. The highest BCUT2D eigenvalue weighted by atomic mass is 16.5. The normalized spacial score (nSPS) is 19.4. The van der Waals surface area contributed by atoms with E-state index in [0.717, 1.165) is 17.6 Å². The van der Waals surface area contributed by atoms with Gasteiger partial charge in [-0.3, -0.25) is 0 Å². The van der Waals surface area contributed by atoms with E-state index in [1.54, 1.807) is 7.11 Å². The molecule has 0 aliphatic carbocycles. The van der Waals surface area contributed by atoms with Gasteiger partial charge in [-0.15, -0.1) is 0 Å². The maximum Gasteiger partial charge on any atom is 0.337 e. The number of hydrogen-bond acceptors (Lipinski definition) is 4. The number of pyridine rings is 1. The van der Waals surface area contributed by atoms with Gasteiger partial charge in [0, 0.05) is 17.1 Å². The Balaban J connectivity index is 2.01. The van der Waals surface area contributed by atoms with Crippen LogP contribution < -0.4 is 10.2 Å². The molecular formula is C20H32BNO3. The molecule has 138 valence electrons. The van der Waals surface area contributed by atoms with Crippen LogP contribution in [0.15, 0.2) is 30.2 Å². The van der Waals surface area contributed by atoms with Gasteiger partial charge in [0.05, 0.1) is 12.5 Å². The second-order valence-corrected chi connectivity index (χ2v) is 8.51. The van der Waals surface area contributed by atoms with Crippen LogP contribution in [0.5, 0.6) is 5.88 Å². The molecular weight excluding hydrogens is 313 g/mol. The van der Waals surface area contributed by atoms with Gasteiger partial charge in [0.1, 0.15) is 12.4 Å². The van der Waals surface area contributed by atoms with E-state index in [1.165, 1.54) is 0 Å². The molecule has 2 heterocycles. The van der Waals surface area contributed by atoms with Crippen molar-refractivity contribution >= 4 is 12.4 Å². The molecule has 0 saturated carbocycles. The molecule has 1 aliphatic rings. The summed E-state index contributed by atoms with van der Waals surface area (Å²) < 4.78 is 17.5. The monoisotopic (exact) mass is 345 g/mol. The van der Waals surface area contributed by atoms with Crippen LogP contribution >= 0.6 is 0 Å². The largest absolute Gasteiger partial charge is 0.501 e. The average Bonchev–Trinajstić information content (AvgIpc) is 2.56. The van der Waals surface area contributed by atoms with Crippen molar-refractivity contribution < 1.29 is 14.1 Å². The van der Waals surface area contributed by atoms with Gasteiger partial charge in [-0.25, -0.2) is 4.98 Å². The zero-order chi connectivity index (χ0) is 18.9. The van der Waals surface area contributed by atoms with E-state index in [9.17, 15) is 0 Å². The third-order valence-electron chi connectivity index (χ3n) is 5.54. The van der Waals surface area contributed by atoms with Crippen molar-refractivity contribution in [3.05, 3.63) is 30.2 Å². The smallest absolute Gasteiger partial charge is 0.337 e. The average molecular weight is 345 g/mol. The first-order chi connectivity index (χ1) is 11.5. The fraction of sp³-hybridized carbons (Fsp3) is 0.650. The first kappa shape index (κ1) is 19.8. The molecule has 1 fully saturated rings. The SMILES string of the molecule is CC/C=C(\OC)C(C)(C)COc1ccc(B2OC(C)(C)C2(C)C)cn1. The summed E-state index contributed by atoms with van der Waals surface area (Å²) in [6.45, 7) is 15.6. The Bertz CT molecular complexity index is 620. The molecule has 4 nitrogen and oxygen atoms in total. The first-order valence-electron chi connectivity index (χ1n) is 9.06. The van der Waals surface area contributed by atoms with E-state index < -0.39 is 0 Å². The summed E-state index contributed by atoms with van der Waals surface area (Å²) >= 11 is 0. The minimum atomic E-state index is -0.200. The van der Waals surface area contributed by atoms with Gasteiger partial charge in [0.15, 0.2) is 0 Å². The lowest BCUT2D eigenvalue weighted by molar-refractivity contribution is -0.00942. The van der Waals surface area contributed by atoms with Gasteiger partial charge < -0.3 is 14.1 Å². The van der Waals surface area contributed by atoms with E-state index >= 15 is 0 Å². The predicted octanol–water partition coefficient (Wildman–Crippen LogP) is 4.21. The molecule has 0 aromatic carbocycles. The summed E-state index contributed by atoms with van der Waals surface area (Å²) in [5, 5.41) is 0.0807. The zero-order valence-electron chi connectivity index (χ0n) is 17.0. The van der Waals surface area contributed by atoms with Crippen LogP contribution in [0, 0.1) is 5.41 Å². The minimum absolute atomic E-state index is 0.0769. The molecule has 0 N–H and O–H groups in total. The van der Waals surface area contributed by atoms with Crippen LogP contribution in [0.1, 0.15) is 54.9 Å². The van der Waals surface area contributed by atoms with Gasteiger partial charge in [-0.1, -0.05) is 26.8 Å². The van der Waals surface area contributed by atoms with Crippen LogP contribution in [-0.4, -0.2) is 31.2 Å². The van der Waals surface area contributed by atoms with Crippen molar-refractivity contribution in [2.45, 2.75) is 65.8 Å². The summed E-state index contributed by atoms with van der Waals surface area (Å²) in [4.78, 5) is 4.47. The van der Waals surface area contributed by atoms with Crippen molar-refractivity contribution in [3.63, 3.8) is 0 Å². The molecule has 1 aliphatic heterocycles. The highest BCUT2D eigenvalue weighted by Crippen LogP contribution is 2.53. The molecule has 0 unspecified atom stereocenters. The van der Waals surface area contributed by atoms with E-state index in [1.807, 2.05) is 12.3 Å². The molecule has 0 spiro atoms. The number of nitrogens with zero attached hydrogens (tertiary/aromatic N) is 1. The van der Waals surface area contributed by atoms with Crippen molar-refractivity contribution in [1.82, 2.24) is 4.98 Å². The van der Waals surface area contributed by atoms with Crippen LogP contribution in [0.25, 0.3) is 0 Å². The first-order valence-corrected chi connectivity index (χ1v) is 9.06. The van der Waals surface area contributed by atoms with Crippen LogP contribution in [0.2, 0.25) is 5.31 Å². The lowest BCUT2D eigenvalue weighted by Gasteiger charge is -2.56. The van der Waals surface area contributed by atoms with Gasteiger partial charge in [0.2, 0.25) is 5.88 Å². The second kappa shape index (κ2) is 7.03. The number of aromatic nitrogens is 1. The van der Waals surface area contributed by atoms with Crippen LogP contribution in [0.4, 0.5) is 0 Å². The van der Waals surface area contributed by atoms with Crippen molar-refractivity contribution in [2.75, 3.05) is 13.7 Å². The number of allylic oxidation sites excluding steroid dienone is 1. The summed E-state index contributed by atoms with van der Waals surface area (Å²) in [6, 6.07) is 3.97. The lowest BCUT2D eigenvalue weighted by atomic mass is 9.33. The Morgan fingerprint density at radius 2 is 1.96 bits per heavy atom. The summed E-state index contributed by atoms with van der Waals surface area (Å²) in [5.41, 5.74) is 0.784. The Morgan fingerprint density at radius 3 is 2.40 bits per heavy atom. The van der Waals surface area contributed by atoms with Crippen LogP contribution in [0.3, 0.4) is 0 Å². The third-order valence-corrected chi connectivity index (χ3v) is 5.54. The molecule has 0 radical (unpaired) electrons. The molecule has 5 heteroatoms. The number of rotatable bonds is 7. The van der Waals surface area contributed by atoms with Gasteiger partial charge in [-0.05, 0) is 51.7 Å². The third kappa shape index (κ3) is 3.86. The quantitative estimate of drug-likeness (QED) is 0.548. The minimum Gasteiger partial charge on any atom is -0.501 e. The van der Waals surface area contributed by atoms with E-state index in [-0.39, 0.29) is 23.2 Å². The topological polar surface area (TPSA) is 40.6 Å². The maximum atomic E-state index is 6.05. The molecule has 1 aromatic heterocycles. The molecule has 2 rings (SSSR count). The fourth-order valence-electron chi connectivity index (χ4n) is 3.12. The molecule has 0 bridgehead atoms. The predicted molar refractivity (Wildman–Crippen MR) is 103 cm³/mol. The highest BCUT2D eigenvalue weighted by molar-refractivity contribution is 6.73. The molecule has 25 heavy (non-hydrogen) atoms. The van der Waals surface area contributed by atoms with E-state index in [2.05, 4.69) is 65.6 Å². The Morgan fingerprint density at radius 1 is 1.28 bits per heavy atom. The van der Waals surface area contributed by atoms with Gasteiger partial charge >= 0.3 is 6.92 Å². The molecule has 0 atom stereocenters. The van der Waals surface area contributed by atoms with Crippen molar-refractivity contribution in [2.24, 2.45) is 5.41 Å². The molecule has 1 saturated heterocycles. The maximum absolute atomic E-state index is 6.05. The summed E-state index contributed by atoms with van der Waals surface area (Å²) in [6.07, 6.45) is 4.90. The zero-order valence-corrected chi connectivity index (χ0v) is 17.0. The molecule has 0 amide bonds. The lowest BCUT2D eigenvalue weighted by Crippen LogP contribution is -2.66. The fourth-order valence-corrected chi connectivity index (χ4v) is 3.12. The van der Waals surface area contributed by atoms with E-state index in [0.29, 0.717) is 12.5 Å². The standard InChI is InChI=1S/C20H32BNO3/c1-9-10-16(23-8)18(2,3)14-24-17-12-11-15(13-22-17)21-19(4,5)20(6,7)25-21/h10-13H,9,14H2,1-8H3/b16-10-. The Kier molecular flexibility index (Phi) is 5.57. The van der Waals surface area contributed by atoms with Crippen molar-refractivity contribution in [1.29, 1.82) is 0 Å². The van der Waals surface area contributed by atoms with Gasteiger partial charge in [-0.2, -0.15) is 0 Å². The number of ether oxygens (including phenoxy) is 2.